The van der Waals surface area contributed by atoms with E-state index >= 15 is 0 Å². The zero-order valence-electron chi connectivity index (χ0n) is 7.69. The summed E-state index contributed by atoms with van der Waals surface area (Å²) in [4.78, 5) is 9.00. The zero-order chi connectivity index (χ0) is 10.1. The molecule has 14 heavy (non-hydrogen) atoms. The van der Waals surface area contributed by atoms with Crippen molar-refractivity contribution in [3.8, 4) is 0 Å². The highest BCUT2D eigenvalue weighted by atomic mass is 32.1. The van der Waals surface area contributed by atoms with Gasteiger partial charge in [-0.25, -0.2) is 9.97 Å². The number of benzene rings is 1. The molecule has 0 amide bonds. The topological polar surface area (TPSA) is 51.8 Å². The van der Waals surface area contributed by atoms with Crippen LogP contribution in [0.2, 0.25) is 0 Å². The van der Waals surface area contributed by atoms with Crippen molar-refractivity contribution in [1.82, 2.24) is 9.97 Å². The summed E-state index contributed by atoms with van der Waals surface area (Å²) in [7, 11) is 0. The van der Waals surface area contributed by atoms with E-state index in [-0.39, 0.29) is 0 Å². The molecule has 2 N–H and O–H groups in total. The molecule has 1 aromatic heterocycles. The molecule has 0 aliphatic heterocycles. The van der Waals surface area contributed by atoms with Crippen LogP contribution in [0.15, 0.2) is 24.3 Å². The van der Waals surface area contributed by atoms with Crippen LogP contribution in [0.25, 0.3) is 11.0 Å². The van der Waals surface area contributed by atoms with Gasteiger partial charge in [-0.2, -0.15) is 0 Å². The molecule has 0 atom stereocenters. The van der Waals surface area contributed by atoms with Crippen molar-refractivity contribution < 1.29 is 0 Å². The normalized spacial score (nSPS) is 10.4. The van der Waals surface area contributed by atoms with E-state index in [9.17, 15) is 0 Å². The average Bonchev–Trinajstić information content (AvgIpc) is 2.16. The van der Waals surface area contributed by atoms with E-state index in [4.69, 9.17) is 18.0 Å². The lowest BCUT2D eigenvalue weighted by molar-refractivity contribution is 1.16. The molecule has 0 saturated heterocycles. The van der Waals surface area contributed by atoms with Gasteiger partial charge in [0.25, 0.3) is 0 Å². The SMILES string of the molecule is Cc1nc2ccccc2nc1C(N)=S. The van der Waals surface area contributed by atoms with Gasteiger partial charge < -0.3 is 5.73 Å². The van der Waals surface area contributed by atoms with Crippen LogP contribution in [0.3, 0.4) is 0 Å². The van der Waals surface area contributed by atoms with Gasteiger partial charge in [0.2, 0.25) is 0 Å². The summed E-state index contributed by atoms with van der Waals surface area (Å²) in [5.41, 5.74) is 8.60. The van der Waals surface area contributed by atoms with Crippen LogP contribution < -0.4 is 5.73 Å². The van der Waals surface area contributed by atoms with Gasteiger partial charge in [-0.3, -0.25) is 0 Å². The molecule has 0 radical (unpaired) electrons. The van der Waals surface area contributed by atoms with Crippen molar-refractivity contribution in [3.63, 3.8) is 0 Å². The van der Waals surface area contributed by atoms with E-state index in [1.165, 1.54) is 0 Å². The molecule has 1 heterocycles. The molecule has 2 aromatic rings. The van der Waals surface area contributed by atoms with Crippen molar-refractivity contribution in [2.24, 2.45) is 5.73 Å². The second-order valence-electron chi connectivity index (χ2n) is 3.01. The maximum absolute atomic E-state index is 5.53. The summed E-state index contributed by atoms with van der Waals surface area (Å²) in [6.45, 7) is 1.86. The number of thiocarbonyl (C=S) groups is 1. The summed E-state index contributed by atoms with van der Waals surface area (Å²) in [6, 6.07) is 7.65. The van der Waals surface area contributed by atoms with E-state index in [0.29, 0.717) is 10.7 Å². The monoisotopic (exact) mass is 203 g/mol. The van der Waals surface area contributed by atoms with Gasteiger partial charge in [-0.1, -0.05) is 24.4 Å². The molecule has 70 valence electrons. The third-order valence-corrected chi connectivity index (χ3v) is 2.17. The number of aryl methyl sites for hydroxylation is 1. The van der Waals surface area contributed by atoms with Gasteiger partial charge in [0, 0.05) is 0 Å². The molecule has 0 saturated carbocycles. The molecule has 0 bridgehead atoms. The van der Waals surface area contributed by atoms with Crippen LogP contribution >= 0.6 is 12.2 Å². The van der Waals surface area contributed by atoms with Crippen LogP contribution in [0.4, 0.5) is 0 Å². The Morgan fingerprint density at radius 1 is 1.21 bits per heavy atom. The zero-order valence-corrected chi connectivity index (χ0v) is 8.51. The maximum atomic E-state index is 5.53. The summed E-state index contributed by atoms with van der Waals surface area (Å²) in [5, 5.41) is 0. The molecule has 0 unspecified atom stereocenters. The third-order valence-electron chi connectivity index (χ3n) is 1.98. The first-order chi connectivity index (χ1) is 6.68. The number of hydrogen-bond donors (Lipinski definition) is 1. The number of nitrogens with zero attached hydrogens (tertiary/aromatic N) is 2. The Bertz CT molecular complexity index is 508. The summed E-state index contributed by atoms with van der Waals surface area (Å²) < 4.78 is 0. The number of aromatic nitrogens is 2. The van der Waals surface area contributed by atoms with Gasteiger partial charge >= 0.3 is 0 Å². The number of fused-ring (bicyclic) bond motifs is 1. The standard InChI is InChI=1S/C10H9N3S/c1-6-9(10(11)14)13-8-5-3-2-4-7(8)12-6/h2-5H,1H3,(H2,11,14). The number of hydrogen-bond acceptors (Lipinski definition) is 3. The van der Waals surface area contributed by atoms with Crippen LogP contribution in [-0.4, -0.2) is 15.0 Å². The summed E-state index contributed by atoms with van der Waals surface area (Å²) >= 11 is 4.89. The molecule has 2 rings (SSSR count). The Morgan fingerprint density at radius 2 is 1.79 bits per heavy atom. The fourth-order valence-electron chi connectivity index (χ4n) is 1.32. The Labute approximate surface area is 87.0 Å². The minimum atomic E-state index is 0.292. The highest BCUT2D eigenvalue weighted by Crippen LogP contribution is 2.11. The van der Waals surface area contributed by atoms with Crippen molar-refractivity contribution in [2.45, 2.75) is 6.92 Å². The second-order valence-corrected chi connectivity index (χ2v) is 3.45. The van der Waals surface area contributed by atoms with Crippen molar-refractivity contribution in [1.29, 1.82) is 0 Å². The Kier molecular flexibility index (Phi) is 2.13. The fourth-order valence-corrected chi connectivity index (χ4v) is 1.51. The predicted molar refractivity (Wildman–Crippen MR) is 60.2 cm³/mol. The Hall–Kier alpha value is -1.55. The third kappa shape index (κ3) is 1.44. The van der Waals surface area contributed by atoms with Gasteiger partial charge in [0.05, 0.1) is 16.7 Å². The van der Waals surface area contributed by atoms with Crippen LogP contribution in [0.5, 0.6) is 0 Å². The van der Waals surface area contributed by atoms with E-state index in [2.05, 4.69) is 9.97 Å². The molecule has 0 spiro atoms. The minimum absolute atomic E-state index is 0.292. The van der Waals surface area contributed by atoms with E-state index < -0.39 is 0 Å². The maximum Gasteiger partial charge on any atom is 0.124 e. The molecular formula is C10H9N3S. The van der Waals surface area contributed by atoms with Crippen molar-refractivity contribution in [3.05, 3.63) is 35.7 Å². The quantitative estimate of drug-likeness (QED) is 0.715. The average molecular weight is 203 g/mol. The predicted octanol–water partition coefficient (Wildman–Crippen LogP) is 1.57. The van der Waals surface area contributed by atoms with Gasteiger partial charge in [0.1, 0.15) is 10.7 Å². The van der Waals surface area contributed by atoms with E-state index in [0.717, 1.165) is 16.7 Å². The molecule has 0 aliphatic carbocycles. The first kappa shape index (κ1) is 9.02. The fraction of sp³-hybridized carbons (Fsp3) is 0.100. The number of para-hydroxylation sites is 2. The Morgan fingerprint density at radius 3 is 2.36 bits per heavy atom. The van der Waals surface area contributed by atoms with Gasteiger partial charge in [0.15, 0.2) is 0 Å². The van der Waals surface area contributed by atoms with Crippen molar-refractivity contribution in [2.75, 3.05) is 0 Å². The van der Waals surface area contributed by atoms with Crippen LogP contribution in [0, 0.1) is 6.92 Å². The molecule has 3 nitrogen and oxygen atoms in total. The lowest BCUT2D eigenvalue weighted by atomic mass is 10.2. The van der Waals surface area contributed by atoms with E-state index in [1.807, 2.05) is 31.2 Å². The second kappa shape index (κ2) is 3.31. The van der Waals surface area contributed by atoms with Gasteiger partial charge in [-0.05, 0) is 19.1 Å². The van der Waals surface area contributed by atoms with Crippen LogP contribution in [-0.2, 0) is 0 Å². The lowest BCUT2D eigenvalue weighted by Crippen LogP contribution is -2.14. The molecule has 0 fully saturated rings. The highest BCUT2D eigenvalue weighted by molar-refractivity contribution is 7.80. The van der Waals surface area contributed by atoms with Crippen LogP contribution in [0.1, 0.15) is 11.4 Å². The summed E-state index contributed by atoms with van der Waals surface area (Å²) in [5.74, 6) is 0. The smallest absolute Gasteiger partial charge is 0.124 e. The Balaban J connectivity index is 2.77. The number of rotatable bonds is 1. The first-order valence-corrected chi connectivity index (χ1v) is 4.62. The summed E-state index contributed by atoms with van der Waals surface area (Å²) in [6.07, 6.45) is 0. The molecule has 0 aliphatic rings. The van der Waals surface area contributed by atoms with Crippen molar-refractivity contribution >= 4 is 28.2 Å². The van der Waals surface area contributed by atoms with E-state index in [1.54, 1.807) is 0 Å². The molecular weight excluding hydrogens is 194 g/mol. The molecule has 4 heteroatoms. The minimum Gasteiger partial charge on any atom is -0.388 e. The van der Waals surface area contributed by atoms with Gasteiger partial charge in [-0.15, -0.1) is 0 Å². The largest absolute Gasteiger partial charge is 0.388 e. The lowest BCUT2D eigenvalue weighted by Gasteiger charge is -2.03. The highest BCUT2D eigenvalue weighted by Gasteiger charge is 2.06. The number of nitrogens with two attached hydrogens (primary N) is 1. The first-order valence-electron chi connectivity index (χ1n) is 4.21. The molecule has 1 aromatic carbocycles.